The Morgan fingerprint density at radius 1 is 0.867 bits per heavy atom. The highest BCUT2D eigenvalue weighted by atomic mass is 19.1. The van der Waals surface area contributed by atoms with Gasteiger partial charge in [-0.2, -0.15) is 0 Å². The molecule has 0 bridgehead atoms. The third kappa shape index (κ3) is 4.73. The molecule has 4 heteroatoms. The molecular weight excluding hydrogens is 385 g/mol. The van der Waals surface area contributed by atoms with Crippen LogP contribution in [0.5, 0.6) is 0 Å². The van der Waals surface area contributed by atoms with Gasteiger partial charge < -0.3 is 4.74 Å². The molecule has 2 aliphatic carbocycles. The quantitative estimate of drug-likeness (QED) is 0.517. The standard InChI is InChI=1S/C26H27F3O/c1-2-30-23-11-8-18-13-19(6-7-20(18)14-23)21-15-25(28)24(26(29)16-21)12-5-17-3-9-22(27)10-4-17/h3-4,9-10,15-16,18-20,23H,2,6-8,11,13-14H2,1H3. The highest BCUT2D eigenvalue weighted by molar-refractivity contribution is 5.45. The number of ether oxygens (including phenoxy) is 1. The molecule has 1 nitrogen and oxygen atoms in total. The summed E-state index contributed by atoms with van der Waals surface area (Å²) in [5.41, 5.74) is 1.02. The predicted octanol–water partition coefficient (Wildman–Crippen LogP) is 6.59. The monoisotopic (exact) mass is 412 g/mol. The Labute approximate surface area is 176 Å². The van der Waals surface area contributed by atoms with Gasteiger partial charge in [0, 0.05) is 12.2 Å². The van der Waals surface area contributed by atoms with Crippen LogP contribution in [-0.4, -0.2) is 12.7 Å². The summed E-state index contributed by atoms with van der Waals surface area (Å²) in [6.45, 7) is 2.80. The minimum absolute atomic E-state index is 0.193. The minimum Gasteiger partial charge on any atom is -0.378 e. The van der Waals surface area contributed by atoms with Gasteiger partial charge in [0.15, 0.2) is 0 Å². The molecule has 0 spiro atoms. The van der Waals surface area contributed by atoms with Crippen LogP contribution in [0.25, 0.3) is 0 Å². The van der Waals surface area contributed by atoms with Gasteiger partial charge in [0.25, 0.3) is 0 Å². The fourth-order valence-electron chi connectivity index (χ4n) is 5.15. The summed E-state index contributed by atoms with van der Waals surface area (Å²) in [5, 5.41) is 0. The normalized spacial score (nSPS) is 25.9. The molecule has 0 heterocycles. The van der Waals surface area contributed by atoms with E-state index in [2.05, 4.69) is 11.8 Å². The molecule has 0 radical (unpaired) electrons. The van der Waals surface area contributed by atoms with E-state index in [4.69, 9.17) is 4.74 Å². The first-order valence-corrected chi connectivity index (χ1v) is 10.9. The van der Waals surface area contributed by atoms with Crippen molar-refractivity contribution in [2.75, 3.05) is 6.61 Å². The topological polar surface area (TPSA) is 9.23 Å². The van der Waals surface area contributed by atoms with Crippen LogP contribution >= 0.6 is 0 Å². The highest BCUT2D eigenvalue weighted by Gasteiger charge is 2.36. The van der Waals surface area contributed by atoms with Crippen LogP contribution in [0.15, 0.2) is 36.4 Å². The molecule has 4 atom stereocenters. The van der Waals surface area contributed by atoms with Crippen molar-refractivity contribution in [3.63, 3.8) is 0 Å². The van der Waals surface area contributed by atoms with Gasteiger partial charge in [-0.15, -0.1) is 0 Å². The summed E-state index contributed by atoms with van der Waals surface area (Å²) in [5.74, 6) is 5.14. The van der Waals surface area contributed by atoms with Crippen molar-refractivity contribution in [1.82, 2.24) is 0 Å². The SMILES string of the molecule is CCOC1CCC2CC(c3cc(F)c(C#Cc4ccc(F)cc4)c(F)c3)CCC2C1. The van der Waals surface area contributed by atoms with Gasteiger partial charge in [-0.1, -0.05) is 11.8 Å². The summed E-state index contributed by atoms with van der Waals surface area (Å²) >= 11 is 0. The summed E-state index contributed by atoms with van der Waals surface area (Å²) in [7, 11) is 0. The molecule has 2 aromatic rings. The number of rotatable bonds is 3. The van der Waals surface area contributed by atoms with Crippen LogP contribution in [0.2, 0.25) is 0 Å². The maximum absolute atomic E-state index is 14.7. The van der Waals surface area contributed by atoms with E-state index in [1.807, 2.05) is 6.92 Å². The zero-order valence-corrected chi connectivity index (χ0v) is 17.3. The van der Waals surface area contributed by atoms with E-state index in [-0.39, 0.29) is 17.3 Å². The second kappa shape index (κ2) is 9.27. The van der Waals surface area contributed by atoms with Gasteiger partial charge in [-0.3, -0.25) is 0 Å². The maximum atomic E-state index is 14.7. The summed E-state index contributed by atoms with van der Waals surface area (Å²) in [6, 6.07) is 8.44. The van der Waals surface area contributed by atoms with Gasteiger partial charge >= 0.3 is 0 Å². The zero-order chi connectivity index (χ0) is 21.1. The van der Waals surface area contributed by atoms with Crippen molar-refractivity contribution >= 4 is 0 Å². The fraction of sp³-hybridized carbons (Fsp3) is 0.462. The first kappa shape index (κ1) is 21.0. The van der Waals surface area contributed by atoms with Crippen molar-refractivity contribution in [3.8, 4) is 11.8 Å². The maximum Gasteiger partial charge on any atom is 0.142 e. The van der Waals surface area contributed by atoms with E-state index in [0.717, 1.165) is 50.7 Å². The average Bonchev–Trinajstić information content (AvgIpc) is 2.74. The van der Waals surface area contributed by atoms with Gasteiger partial charge in [0.2, 0.25) is 0 Å². The summed E-state index contributed by atoms with van der Waals surface area (Å²) in [4.78, 5) is 0. The Morgan fingerprint density at radius 3 is 2.23 bits per heavy atom. The first-order chi connectivity index (χ1) is 14.5. The Kier molecular flexibility index (Phi) is 6.49. The Balaban J connectivity index is 1.47. The lowest BCUT2D eigenvalue weighted by Gasteiger charge is -2.42. The highest BCUT2D eigenvalue weighted by Crippen LogP contribution is 2.46. The van der Waals surface area contributed by atoms with Crippen molar-refractivity contribution in [3.05, 3.63) is 70.5 Å². The van der Waals surface area contributed by atoms with Gasteiger partial charge in [-0.25, -0.2) is 13.2 Å². The molecule has 30 heavy (non-hydrogen) atoms. The van der Waals surface area contributed by atoms with Gasteiger partial charge in [-0.05, 0) is 105 Å². The molecule has 2 saturated carbocycles. The fourth-order valence-corrected chi connectivity index (χ4v) is 5.15. The number of benzene rings is 2. The van der Waals surface area contributed by atoms with E-state index in [9.17, 15) is 13.2 Å². The molecule has 2 aromatic carbocycles. The molecule has 2 aliphatic rings. The van der Waals surface area contributed by atoms with Gasteiger partial charge in [0.1, 0.15) is 17.5 Å². The number of halogens is 3. The third-order valence-electron chi connectivity index (χ3n) is 6.68. The number of hydrogen-bond donors (Lipinski definition) is 0. The number of fused-ring (bicyclic) bond motifs is 1. The van der Waals surface area contributed by atoms with Crippen molar-refractivity contribution in [2.24, 2.45) is 11.8 Å². The lowest BCUT2D eigenvalue weighted by atomic mass is 9.65. The molecule has 158 valence electrons. The van der Waals surface area contributed by atoms with Crippen LogP contribution in [0.4, 0.5) is 13.2 Å². The minimum atomic E-state index is -0.623. The third-order valence-corrected chi connectivity index (χ3v) is 6.68. The van der Waals surface area contributed by atoms with Crippen molar-refractivity contribution in [2.45, 2.75) is 57.5 Å². The van der Waals surface area contributed by atoms with E-state index < -0.39 is 11.6 Å². The van der Waals surface area contributed by atoms with Crippen LogP contribution in [0, 0.1) is 41.1 Å². The molecule has 0 aliphatic heterocycles. The molecule has 0 amide bonds. The average molecular weight is 412 g/mol. The Bertz CT molecular complexity index is 918. The van der Waals surface area contributed by atoms with E-state index in [0.29, 0.717) is 23.5 Å². The molecule has 0 aromatic heterocycles. The largest absolute Gasteiger partial charge is 0.378 e. The molecular formula is C26H27F3O. The lowest BCUT2D eigenvalue weighted by Crippen LogP contribution is -2.33. The van der Waals surface area contributed by atoms with Crippen molar-refractivity contribution in [1.29, 1.82) is 0 Å². The summed E-state index contributed by atoms with van der Waals surface area (Å²) < 4.78 is 48.2. The predicted molar refractivity (Wildman–Crippen MR) is 112 cm³/mol. The van der Waals surface area contributed by atoms with Gasteiger partial charge in [0.05, 0.1) is 11.7 Å². The molecule has 4 unspecified atom stereocenters. The number of hydrogen-bond acceptors (Lipinski definition) is 1. The zero-order valence-electron chi connectivity index (χ0n) is 17.3. The Morgan fingerprint density at radius 2 is 1.53 bits per heavy atom. The van der Waals surface area contributed by atoms with Crippen LogP contribution in [-0.2, 0) is 4.74 Å². The molecule has 2 fully saturated rings. The van der Waals surface area contributed by atoms with E-state index in [1.165, 1.54) is 36.4 Å². The second-order valence-electron chi connectivity index (χ2n) is 8.54. The van der Waals surface area contributed by atoms with E-state index >= 15 is 0 Å². The lowest BCUT2D eigenvalue weighted by molar-refractivity contribution is -0.00957. The Hall–Kier alpha value is -2.25. The van der Waals surface area contributed by atoms with Crippen LogP contribution < -0.4 is 0 Å². The second-order valence-corrected chi connectivity index (χ2v) is 8.54. The smallest absolute Gasteiger partial charge is 0.142 e. The van der Waals surface area contributed by atoms with Crippen LogP contribution in [0.3, 0.4) is 0 Å². The van der Waals surface area contributed by atoms with E-state index in [1.54, 1.807) is 0 Å². The van der Waals surface area contributed by atoms with Crippen LogP contribution in [0.1, 0.15) is 68.1 Å². The molecule has 0 saturated heterocycles. The van der Waals surface area contributed by atoms with Crippen molar-refractivity contribution < 1.29 is 17.9 Å². The molecule has 4 rings (SSSR count). The summed E-state index contributed by atoms with van der Waals surface area (Å²) in [6.07, 6.45) is 6.75. The first-order valence-electron chi connectivity index (χ1n) is 10.9. The molecule has 0 N–H and O–H groups in total.